The number of nitrogens with zero attached hydrogens (tertiary/aromatic N) is 2. The Bertz CT molecular complexity index is 883. The number of fused-ring (bicyclic) bond motifs is 1. The van der Waals surface area contributed by atoms with Crippen LogP contribution in [0, 0.1) is 0 Å². The van der Waals surface area contributed by atoms with Gasteiger partial charge in [-0.25, -0.2) is 8.42 Å². The number of sulfonamides is 1. The van der Waals surface area contributed by atoms with Crippen molar-refractivity contribution in [2.45, 2.75) is 6.42 Å². The Morgan fingerprint density at radius 2 is 1.96 bits per heavy atom. The fourth-order valence-corrected chi connectivity index (χ4v) is 3.86. The molecule has 0 aromatic heterocycles. The zero-order valence-electron chi connectivity index (χ0n) is 13.1. The predicted octanol–water partition coefficient (Wildman–Crippen LogP) is 2.70. The van der Waals surface area contributed by atoms with Crippen molar-refractivity contribution in [3.8, 4) is 0 Å². The average molecular weight is 365 g/mol. The number of hydrogen-bond donors (Lipinski definition) is 0. The lowest BCUT2D eigenvalue weighted by Crippen LogP contribution is -2.42. The fourth-order valence-electron chi connectivity index (χ4n) is 2.84. The number of anilines is 2. The summed E-state index contributed by atoms with van der Waals surface area (Å²) in [5.74, 6) is -0.259. The van der Waals surface area contributed by atoms with Crippen molar-refractivity contribution in [2.75, 3.05) is 28.6 Å². The van der Waals surface area contributed by atoms with Gasteiger partial charge < -0.3 is 4.90 Å². The normalized spacial score (nSPS) is 13.7. The third-order valence-electron chi connectivity index (χ3n) is 3.96. The van der Waals surface area contributed by atoms with Crippen molar-refractivity contribution in [3.05, 3.63) is 59.1 Å². The number of halogens is 1. The maximum Gasteiger partial charge on any atom is 0.247 e. The Hall–Kier alpha value is -2.05. The third-order valence-corrected chi connectivity index (χ3v) is 5.34. The number of benzene rings is 2. The van der Waals surface area contributed by atoms with Crippen LogP contribution in [0.4, 0.5) is 11.4 Å². The molecule has 1 aliphatic heterocycles. The maximum atomic E-state index is 12.7. The maximum absolute atomic E-state index is 12.7. The molecule has 7 heteroatoms. The Kier molecular flexibility index (Phi) is 4.51. The molecule has 0 unspecified atom stereocenters. The SMILES string of the molecule is CS(=O)(=O)N(CC(=O)N1CCc2ccccc21)c1cccc(Cl)c1. The highest BCUT2D eigenvalue weighted by molar-refractivity contribution is 7.92. The molecule has 0 radical (unpaired) electrons. The number of para-hydroxylation sites is 1. The molecule has 0 saturated carbocycles. The monoisotopic (exact) mass is 364 g/mol. The molecule has 126 valence electrons. The zero-order valence-corrected chi connectivity index (χ0v) is 14.7. The average Bonchev–Trinajstić information content (AvgIpc) is 2.95. The Balaban J connectivity index is 1.88. The smallest absolute Gasteiger partial charge is 0.247 e. The second-order valence-corrected chi connectivity index (χ2v) is 8.02. The van der Waals surface area contributed by atoms with Gasteiger partial charge in [0.25, 0.3) is 0 Å². The molecule has 0 atom stereocenters. The highest BCUT2D eigenvalue weighted by Crippen LogP contribution is 2.28. The van der Waals surface area contributed by atoms with Crippen molar-refractivity contribution >= 4 is 38.9 Å². The van der Waals surface area contributed by atoms with E-state index in [1.165, 1.54) is 6.07 Å². The summed E-state index contributed by atoms with van der Waals surface area (Å²) in [6.07, 6.45) is 1.86. The van der Waals surface area contributed by atoms with E-state index in [4.69, 9.17) is 11.6 Å². The quantitative estimate of drug-likeness (QED) is 0.838. The molecule has 0 spiro atoms. The van der Waals surface area contributed by atoms with Gasteiger partial charge >= 0.3 is 0 Å². The van der Waals surface area contributed by atoms with E-state index in [1.54, 1.807) is 23.1 Å². The minimum atomic E-state index is -3.61. The minimum absolute atomic E-state index is 0.256. The van der Waals surface area contributed by atoms with Gasteiger partial charge in [0.15, 0.2) is 0 Å². The van der Waals surface area contributed by atoms with Crippen LogP contribution < -0.4 is 9.21 Å². The first-order valence-corrected chi connectivity index (χ1v) is 9.70. The Labute approximate surface area is 146 Å². The van der Waals surface area contributed by atoms with Crippen LogP contribution in [-0.4, -0.2) is 33.7 Å². The lowest BCUT2D eigenvalue weighted by atomic mass is 10.2. The van der Waals surface area contributed by atoms with Gasteiger partial charge in [0.05, 0.1) is 11.9 Å². The van der Waals surface area contributed by atoms with Gasteiger partial charge in [0.1, 0.15) is 6.54 Å². The first kappa shape index (κ1) is 16.8. The van der Waals surface area contributed by atoms with E-state index in [1.807, 2.05) is 24.3 Å². The van der Waals surface area contributed by atoms with Crippen LogP contribution in [0.1, 0.15) is 5.56 Å². The first-order chi connectivity index (χ1) is 11.4. The van der Waals surface area contributed by atoms with E-state index in [0.29, 0.717) is 17.3 Å². The molecule has 24 heavy (non-hydrogen) atoms. The molecule has 2 aromatic carbocycles. The fraction of sp³-hybridized carbons (Fsp3) is 0.235. The van der Waals surface area contributed by atoms with Crippen LogP contribution in [0.5, 0.6) is 0 Å². The molecular weight excluding hydrogens is 348 g/mol. The number of carbonyl (C=O) groups excluding carboxylic acids is 1. The molecule has 1 aliphatic rings. The van der Waals surface area contributed by atoms with Crippen LogP contribution in [-0.2, 0) is 21.2 Å². The summed E-state index contributed by atoms with van der Waals surface area (Å²) < 4.78 is 25.4. The summed E-state index contributed by atoms with van der Waals surface area (Å²) in [5, 5.41) is 0.417. The highest BCUT2D eigenvalue weighted by Gasteiger charge is 2.28. The number of hydrogen-bond acceptors (Lipinski definition) is 3. The van der Waals surface area contributed by atoms with Crippen LogP contribution in [0.15, 0.2) is 48.5 Å². The van der Waals surface area contributed by atoms with Gasteiger partial charge in [-0.2, -0.15) is 0 Å². The van der Waals surface area contributed by atoms with Gasteiger partial charge in [-0.1, -0.05) is 35.9 Å². The molecule has 0 aliphatic carbocycles. The zero-order chi connectivity index (χ0) is 17.3. The summed E-state index contributed by atoms with van der Waals surface area (Å²) in [4.78, 5) is 14.3. The standard InChI is InChI=1S/C17H17ClN2O3S/c1-24(22,23)20(15-7-4-6-14(18)11-15)12-17(21)19-10-9-13-5-2-3-8-16(13)19/h2-8,11H,9-10,12H2,1H3. The number of amides is 1. The highest BCUT2D eigenvalue weighted by atomic mass is 35.5. The first-order valence-electron chi connectivity index (χ1n) is 7.48. The molecule has 5 nitrogen and oxygen atoms in total. The lowest BCUT2D eigenvalue weighted by molar-refractivity contribution is -0.117. The van der Waals surface area contributed by atoms with Crippen molar-refractivity contribution in [1.82, 2.24) is 0 Å². The van der Waals surface area contributed by atoms with Gasteiger partial charge in [-0.3, -0.25) is 9.10 Å². The largest absolute Gasteiger partial charge is 0.310 e. The van der Waals surface area contributed by atoms with Crippen molar-refractivity contribution in [3.63, 3.8) is 0 Å². The van der Waals surface area contributed by atoms with E-state index in [9.17, 15) is 13.2 Å². The van der Waals surface area contributed by atoms with Crippen molar-refractivity contribution in [1.29, 1.82) is 0 Å². The van der Waals surface area contributed by atoms with E-state index in [2.05, 4.69) is 0 Å². The van der Waals surface area contributed by atoms with Gasteiger partial charge in [-0.05, 0) is 36.2 Å². The molecule has 0 saturated heterocycles. The molecule has 0 bridgehead atoms. The van der Waals surface area contributed by atoms with Gasteiger partial charge in [0.2, 0.25) is 15.9 Å². The van der Waals surface area contributed by atoms with Crippen LogP contribution in [0.3, 0.4) is 0 Å². The molecule has 1 amide bonds. The molecule has 0 fully saturated rings. The minimum Gasteiger partial charge on any atom is -0.310 e. The summed E-state index contributed by atoms with van der Waals surface area (Å²) in [7, 11) is -3.61. The summed E-state index contributed by atoms with van der Waals surface area (Å²) in [6.45, 7) is 0.304. The number of carbonyl (C=O) groups is 1. The van der Waals surface area contributed by atoms with Crippen molar-refractivity contribution < 1.29 is 13.2 Å². The van der Waals surface area contributed by atoms with Crippen molar-refractivity contribution in [2.24, 2.45) is 0 Å². The Morgan fingerprint density at radius 3 is 2.67 bits per heavy atom. The lowest BCUT2D eigenvalue weighted by Gasteiger charge is -2.25. The summed E-state index contributed by atoms with van der Waals surface area (Å²) in [5.41, 5.74) is 2.33. The van der Waals surface area contributed by atoms with Gasteiger partial charge in [0, 0.05) is 17.3 Å². The topological polar surface area (TPSA) is 57.7 Å². The van der Waals surface area contributed by atoms with E-state index < -0.39 is 10.0 Å². The third kappa shape index (κ3) is 3.39. The molecular formula is C17H17ClN2O3S. The molecule has 0 N–H and O–H groups in total. The van der Waals surface area contributed by atoms with Crippen LogP contribution in [0.25, 0.3) is 0 Å². The number of rotatable bonds is 4. The summed E-state index contributed by atoms with van der Waals surface area (Å²) >= 11 is 5.95. The van der Waals surface area contributed by atoms with E-state index in [0.717, 1.165) is 28.2 Å². The van der Waals surface area contributed by atoms with Crippen LogP contribution in [0.2, 0.25) is 5.02 Å². The van der Waals surface area contributed by atoms with Crippen LogP contribution >= 0.6 is 11.6 Å². The predicted molar refractivity (Wildman–Crippen MR) is 96.1 cm³/mol. The second kappa shape index (κ2) is 6.45. The molecule has 2 aromatic rings. The Morgan fingerprint density at radius 1 is 1.21 bits per heavy atom. The molecule has 1 heterocycles. The molecule has 3 rings (SSSR count). The van der Waals surface area contributed by atoms with E-state index in [-0.39, 0.29) is 12.5 Å². The summed E-state index contributed by atoms with van der Waals surface area (Å²) in [6, 6.07) is 14.1. The van der Waals surface area contributed by atoms with E-state index >= 15 is 0 Å². The second-order valence-electron chi connectivity index (χ2n) is 5.67. The van der Waals surface area contributed by atoms with Gasteiger partial charge in [-0.15, -0.1) is 0 Å².